The van der Waals surface area contributed by atoms with E-state index in [4.69, 9.17) is 4.74 Å². The number of aryl methyl sites for hydroxylation is 1. The molecule has 0 radical (unpaired) electrons. The molecule has 1 aromatic carbocycles. The molecule has 5 heteroatoms. The number of aliphatic hydroxyl groups excluding tert-OH is 1. The minimum absolute atomic E-state index is 0.250. The molecule has 19 heavy (non-hydrogen) atoms. The molecule has 0 aliphatic rings. The summed E-state index contributed by atoms with van der Waals surface area (Å²) < 4.78 is 6.55. The average Bonchev–Trinajstić information content (AvgIpc) is 2.84. The zero-order valence-corrected chi connectivity index (χ0v) is 10.9. The van der Waals surface area contributed by atoms with Crippen molar-refractivity contribution in [2.45, 2.75) is 20.0 Å². The summed E-state index contributed by atoms with van der Waals surface area (Å²) in [5.41, 5.74) is 2.40. The molecule has 0 fully saturated rings. The molecule has 0 aliphatic heterocycles. The fourth-order valence-electron chi connectivity index (χ4n) is 1.79. The van der Waals surface area contributed by atoms with Gasteiger partial charge in [0.05, 0.1) is 12.3 Å². The molecular formula is C14H16N2O3. The molecular weight excluding hydrogens is 244 g/mol. The smallest absolute Gasteiger partial charge is 0.339 e. The zero-order valence-electron chi connectivity index (χ0n) is 10.9. The Morgan fingerprint density at radius 2 is 2.05 bits per heavy atom. The summed E-state index contributed by atoms with van der Waals surface area (Å²) in [6.45, 7) is 3.91. The summed E-state index contributed by atoms with van der Waals surface area (Å²) in [5.74, 6) is -0.634. The molecule has 2 aromatic rings. The summed E-state index contributed by atoms with van der Waals surface area (Å²) in [5, 5.41) is 14.0. The van der Waals surface area contributed by atoms with Crippen molar-refractivity contribution < 1.29 is 14.6 Å². The molecule has 1 atom stereocenters. The van der Waals surface area contributed by atoms with Crippen LogP contribution in [0, 0.1) is 6.92 Å². The lowest BCUT2D eigenvalue weighted by Crippen LogP contribution is -2.15. The third kappa shape index (κ3) is 2.82. The minimum Gasteiger partial charge on any atom is -0.464 e. The number of hydrogen-bond donors (Lipinski definition) is 1. The van der Waals surface area contributed by atoms with Crippen LogP contribution in [0.3, 0.4) is 0 Å². The van der Waals surface area contributed by atoms with Crippen LogP contribution in [0.2, 0.25) is 0 Å². The van der Waals surface area contributed by atoms with Gasteiger partial charge in [0.2, 0.25) is 0 Å². The van der Waals surface area contributed by atoms with Crippen LogP contribution in [-0.4, -0.2) is 27.5 Å². The number of rotatable bonds is 4. The Balaban J connectivity index is 2.19. The third-order valence-electron chi connectivity index (χ3n) is 2.80. The molecule has 2 rings (SSSR count). The van der Waals surface area contributed by atoms with Crippen LogP contribution in [0.4, 0.5) is 0 Å². The predicted octanol–water partition coefficient (Wildman–Crippen LogP) is 1.78. The van der Waals surface area contributed by atoms with Gasteiger partial charge in [0, 0.05) is 11.9 Å². The highest BCUT2D eigenvalue weighted by atomic mass is 16.5. The van der Waals surface area contributed by atoms with Gasteiger partial charge in [-0.3, -0.25) is 0 Å². The fraction of sp³-hybridized carbons (Fsp3) is 0.286. The van der Waals surface area contributed by atoms with Gasteiger partial charge >= 0.3 is 5.97 Å². The number of hydrogen-bond acceptors (Lipinski definition) is 4. The van der Waals surface area contributed by atoms with Crippen LogP contribution < -0.4 is 0 Å². The van der Waals surface area contributed by atoms with E-state index in [2.05, 4.69) is 5.10 Å². The maximum atomic E-state index is 11.4. The lowest BCUT2D eigenvalue weighted by molar-refractivity contribution is -0.153. The summed E-state index contributed by atoms with van der Waals surface area (Å²) in [6.07, 6.45) is 0.476. The van der Waals surface area contributed by atoms with E-state index in [1.165, 1.54) is 0 Å². The van der Waals surface area contributed by atoms with Crippen molar-refractivity contribution in [2.24, 2.45) is 0 Å². The van der Waals surface area contributed by atoms with Crippen molar-refractivity contribution in [1.29, 1.82) is 0 Å². The third-order valence-corrected chi connectivity index (χ3v) is 2.80. The summed E-state index contributed by atoms with van der Waals surface area (Å²) in [6, 6.07) is 8.90. The first-order valence-corrected chi connectivity index (χ1v) is 6.09. The first-order chi connectivity index (χ1) is 9.13. The van der Waals surface area contributed by atoms with Crippen molar-refractivity contribution in [2.75, 3.05) is 6.61 Å². The lowest BCUT2D eigenvalue weighted by Gasteiger charge is -2.11. The SMILES string of the molecule is CCOC(=O)C(O)c1ccc(-n2nccc2C)cc1. The van der Waals surface area contributed by atoms with Gasteiger partial charge in [-0.05, 0) is 37.6 Å². The molecule has 0 saturated heterocycles. The average molecular weight is 260 g/mol. The Labute approximate surface area is 111 Å². The van der Waals surface area contributed by atoms with Crippen LogP contribution in [0.25, 0.3) is 5.69 Å². The van der Waals surface area contributed by atoms with Crippen LogP contribution in [0.15, 0.2) is 36.5 Å². The maximum Gasteiger partial charge on any atom is 0.339 e. The van der Waals surface area contributed by atoms with Crippen LogP contribution in [0.1, 0.15) is 24.3 Å². The number of ether oxygens (including phenoxy) is 1. The highest BCUT2D eigenvalue weighted by molar-refractivity contribution is 5.76. The second-order valence-electron chi connectivity index (χ2n) is 4.13. The molecule has 0 aliphatic carbocycles. The van der Waals surface area contributed by atoms with Crippen molar-refractivity contribution >= 4 is 5.97 Å². The molecule has 1 unspecified atom stereocenters. The quantitative estimate of drug-likeness (QED) is 0.851. The second kappa shape index (κ2) is 5.67. The van der Waals surface area contributed by atoms with Crippen molar-refractivity contribution in [3.05, 3.63) is 47.8 Å². The fourth-order valence-corrected chi connectivity index (χ4v) is 1.79. The standard InChI is InChI=1S/C14H16N2O3/c1-3-19-14(18)13(17)11-4-6-12(7-5-11)16-10(2)8-9-15-16/h4-9,13,17H,3H2,1-2H3. The number of benzene rings is 1. The predicted molar refractivity (Wildman–Crippen MR) is 69.9 cm³/mol. The van der Waals surface area contributed by atoms with Crippen LogP contribution >= 0.6 is 0 Å². The van der Waals surface area contributed by atoms with Gasteiger partial charge in [0.25, 0.3) is 0 Å². The van der Waals surface area contributed by atoms with Crippen molar-refractivity contribution in [3.8, 4) is 5.69 Å². The van der Waals surface area contributed by atoms with Gasteiger partial charge in [-0.25, -0.2) is 9.48 Å². The normalized spacial score (nSPS) is 12.2. The first-order valence-electron chi connectivity index (χ1n) is 6.09. The summed E-state index contributed by atoms with van der Waals surface area (Å²) >= 11 is 0. The van der Waals surface area contributed by atoms with E-state index in [0.29, 0.717) is 5.56 Å². The molecule has 0 spiro atoms. The Kier molecular flexibility index (Phi) is 3.97. The van der Waals surface area contributed by atoms with Gasteiger partial charge < -0.3 is 9.84 Å². The molecule has 0 bridgehead atoms. The molecule has 0 saturated carbocycles. The van der Waals surface area contributed by atoms with E-state index < -0.39 is 12.1 Å². The number of nitrogens with zero attached hydrogens (tertiary/aromatic N) is 2. The Morgan fingerprint density at radius 3 is 2.58 bits per heavy atom. The van der Waals surface area contributed by atoms with Crippen molar-refractivity contribution in [1.82, 2.24) is 9.78 Å². The number of carbonyl (C=O) groups is 1. The highest BCUT2D eigenvalue weighted by Gasteiger charge is 2.18. The Hall–Kier alpha value is -2.14. The molecule has 0 amide bonds. The zero-order chi connectivity index (χ0) is 13.8. The highest BCUT2D eigenvalue weighted by Crippen LogP contribution is 2.17. The topological polar surface area (TPSA) is 64.3 Å². The van der Waals surface area contributed by atoms with Gasteiger partial charge in [0.1, 0.15) is 0 Å². The first kappa shape index (κ1) is 13.3. The van der Waals surface area contributed by atoms with Crippen LogP contribution in [0.5, 0.6) is 0 Å². The maximum absolute atomic E-state index is 11.4. The largest absolute Gasteiger partial charge is 0.464 e. The molecule has 1 N–H and O–H groups in total. The molecule has 5 nitrogen and oxygen atoms in total. The lowest BCUT2D eigenvalue weighted by atomic mass is 10.1. The van der Waals surface area contributed by atoms with E-state index in [1.807, 2.05) is 13.0 Å². The number of carbonyl (C=O) groups excluding carboxylic acids is 1. The van der Waals surface area contributed by atoms with E-state index in [0.717, 1.165) is 11.4 Å². The van der Waals surface area contributed by atoms with E-state index in [-0.39, 0.29) is 6.61 Å². The van der Waals surface area contributed by atoms with Gasteiger partial charge in [-0.15, -0.1) is 0 Å². The van der Waals surface area contributed by atoms with Gasteiger partial charge in [-0.2, -0.15) is 5.10 Å². The summed E-state index contributed by atoms with van der Waals surface area (Å²) in [7, 11) is 0. The number of aromatic nitrogens is 2. The van der Waals surface area contributed by atoms with Crippen molar-refractivity contribution in [3.63, 3.8) is 0 Å². The van der Waals surface area contributed by atoms with E-state index in [9.17, 15) is 9.90 Å². The van der Waals surface area contributed by atoms with E-state index in [1.54, 1.807) is 42.1 Å². The Morgan fingerprint density at radius 1 is 1.37 bits per heavy atom. The molecule has 100 valence electrons. The monoisotopic (exact) mass is 260 g/mol. The number of esters is 1. The second-order valence-corrected chi connectivity index (χ2v) is 4.13. The molecule has 1 aromatic heterocycles. The van der Waals surface area contributed by atoms with E-state index >= 15 is 0 Å². The van der Waals surface area contributed by atoms with Gasteiger partial charge in [0.15, 0.2) is 6.10 Å². The van der Waals surface area contributed by atoms with Crippen LogP contribution in [-0.2, 0) is 9.53 Å². The minimum atomic E-state index is -1.24. The number of aliphatic hydroxyl groups is 1. The summed E-state index contributed by atoms with van der Waals surface area (Å²) in [4.78, 5) is 11.4. The Bertz CT molecular complexity index is 560. The molecule has 1 heterocycles. The van der Waals surface area contributed by atoms with Gasteiger partial charge in [-0.1, -0.05) is 12.1 Å².